The largest absolute Gasteiger partial charge is 0.477 e. The number of aliphatic hydroxyl groups is 1. The van der Waals surface area contributed by atoms with E-state index in [0.717, 1.165) is 25.7 Å². The van der Waals surface area contributed by atoms with Gasteiger partial charge >= 0.3 is 5.97 Å². The van der Waals surface area contributed by atoms with E-state index in [9.17, 15) is 9.90 Å². The van der Waals surface area contributed by atoms with E-state index in [0.29, 0.717) is 0 Å². The van der Waals surface area contributed by atoms with Gasteiger partial charge in [0.05, 0.1) is 5.60 Å². The zero-order valence-electron chi connectivity index (χ0n) is 8.69. The number of rotatable bonds is 4. The second kappa shape index (κ2) is 4.28. The third-order valence-electron chi connectivity index (χ3n) is 3.06. The van der Waals surface area contributed by atoms with Crippen molar-refractivity contribution in [1.29, 1.82) is 0 Å². The first-order valence-corrected chi connectivity index (χ1v) is 5.06. The van der Waals surface area contributed by atoms with E-state index in [1.807, 2.05) is 13.8 Å². The summed E-state index contributed by atoms with van der Waals surface area (Å²) in [4.78, 5) is 10.5. The molecule has 0 spiro atoms. The third-order valence-corrected chi connectivity index (χ3v) is 3.06. The molecular weight excluding hydrogens is 184 g/mol. The quantitative estimate of drug-likeness (QED) is 0.676. The highest BCUT2D eigenvalue weighted by atomic mass is 16.6. The molecule has 1 saturated carbocycles. The summed E-state index contributed by atoms with van der Waals surface area (Å²) in [6.07, 6.45) is 2.09. The predicted molar refractivity (Wildman–Crippen MR) is 50.8 cm³/mol. The molecule has 0 bridgehead atoms. The molecule has 14 heavy (non-hydrogen) atoms. The Morgan fingerprint density at radius 2 is 1.86 bits per heavy atom. The van der Waals surface area contributed by atoms with Crippen LogP contribution in [0.4, 0.5) is 0 Å². The standard InChI is InChI=1S/C10H18O4/c1-7(2)10(5-3-4-6-10)14-9(13)8(11)12/h7,9,13H,3-6H2,1-2H3,(H,11,12). The Labute approximate surface area is 83.9 Å². The Kier molecular flexibility index (Phi) is 3.50. The average molecular weight is 202 g/mol. The maximum Gasteiger partial charge on any atom is 0.360 e. The fourth-order valence-electron chi connectivity index (χ4n) is 2.08. The van der Waals surface area contributed by atoms with Crippen molar-refractivity contribution >= 4 is 5.97 Å². The molecule has 0 amide bonds. The molecule has 0 saturated heterocycles. The van der Waals surface area contributed by atoms with Crippen molar-refractivity contribution in [2.24, 2.45) is 5.92 Å². The molecule has 0 aliphatic heterocycles. The van der Waals surface area contributed by atoms with Crippen molar-refractivity contribution < 1.29 is 19.7 Å². The Morgan fingerprint density at radius 1 is 1.36 bits per heavy atom. The van der Waals surface area contributed by atoms with Gasteiger partial charge < -0.3 is 14.9 Å². The monoisotopic (exact) mass is 202 g/mol. The molecule has 0 aromatic carbocycles. The number of aliphatic carboxylic acids is 1. The Morgan fingerprint density at radius 3 is 2.21 bits per heavy atom. The third kappa shape index (κ3) is 2.25. The number of hydrogen-bond donors (Lipinski definition) is 2. The van der Waals surface area contributed by atoms with Crippen LogP contribution in [0.2, 0.25) is 0 Å². The van der Waals surface area contributed by atoms with Crippen LogP contribution in [0.3, 0.4) is 0 Å². The van der Waals surface area contributed by atoms with E-state index < -0.39 is 17.9 Å². The van der Waals surface area contributed by atoms with E-state index >= 15 is 0 Å². The van der Waals surface area contributed by atoms with Crippen molar-refractivity contribution in [1.82, 2.24) is 0 Å². The lowest BCUT2D eigenvalue weighted by Crippen LogP contribution is -2.41. The Hall–Kier alpha value is -0.610. The average Bonchev–Trinajstić information content (AvgIpc) is 2.53. The van der Waals surface area contributed by atoms with Crippen molar-refractivity contribution in [3.05, 3.63) is 0 Å². The van der Waals surface area contributed by atoms with Crippen LogP contribution >= 0.6 is 0 Å². The highest BCUT2D eigenvalue weighted by molar-refractivity contribution is 5.70. The van der Waals surface area contributed by atoms with Crippen molar-refractivity contribution in [2.45, 2.75) is 51.4 Å². The van der Waals surface area contributed by atoms with E-state index in [1.54, 1.807) is 0 Å². The van der Waals surface area contributed by atoms with Crippen LogP contribution in [0.5, 0.6) is 0 Å². The van der Waals surface area contributed by atoms with Crippen LogP contribution in [0.15, 0.2) is 0 Å². The van der Waals surface area contributed by atoms with Gasteiger partial charge in [-0.05, 0) is 18.8 Å². The maximum absolute atomic E-state index is 10.5. The second-order valence-electron chi connectivity index (χ2n) is 4.24. The minimum atomic E-state index is -1.68. The molecular formula is C10H18O4. The Balaban J connectivity index is 2.65. The summed E-state index contributed by atoms with van der Waals surface area (Å²) in [6, 6.07) is 0. The van der Waals surface area contributed by atoms with Gasteiger partial charge in [0.15, 0.2) is 0 Å². The van der Waals surface area contributed by atoms with Crippen LogP contribution in [-0.4, -0.2) is 28.1 Å². The van der Waals surface area contributed by atoms with E-state index in [1.165, 1.54) is 0 Å². The lowest BCUT2D eigenvalue weighted by molar-refractivity contribution is -0.216. The maximum atomic E-state index is 10.5. The smallest absolute Gasteiger partial charge is 0.360 e. The lowest BCUT2D eigenvalue weighted by Gasteiger charge is -2.34. The van der Waals surface area contributed by atoms with Gasteiger partial charge in [-0.15, -0.1) is 0 Å². The zero-order valence-corrected chi connectivity index (χ0v) is 8.69. The summed E-state index contributed by atoms with van der Waals surface area (Å²) in [7, 11) is 0. The lowest BCUT2D eigenvalue weighted by atomic mass is 9.88. The van der Waals surface area contributed by atoms with Gasteiger partial charge in [-0.2, -0.15) is 0 Å². The highest BCUT2D eigenvalue weighted by Crippen LogP contribution is 2.39. The molecule has 2 N–H and O–H groups in total. The molecule has 1 atom stereocenters. The first-order chi connectivity index (χ1) is 6.48. The summed E-state index contributed by atoms with van der Waals surface area (Å²) in [5.74, 6) is -1.07. The van der Waals surface area contributed by atoms with Crippen molar-refractivity contribution in [2.75, 3.05) is 0 Å². The molecule has 1 rings (SSSR count). The van der Waals surface area contributed by atoms with Gasteiger partial charge in [0.25, 0.3) is 6.29 Å². The summed E-state index contributed by atoms with van der Waals surface area (Å²) in [5, 5.41) is 17.7. The van der Waals surface area contributed by atoms with E-state index in [4.69, 9.17) is 9.84 Å². The number of aliphatic hydroxyl groups excluding tert-OH is 1. The molecule has 0 radical (unpaired) electrons. The molecule has 1 aliphatic carbocycles. The summed E-state index contributed by atoms with van der Waals surface area (Å²) in [5.41, 5.74) is -0.433. The van der Waals surface area contributed by atoms with Crippen LogP contribution in [-0.2, 0) is 9.53 Å². The van der Waals surface area contributed by atoms with Gasteiger partial charge in [-0.3, -0.25) is 0 Å². The highest BCUT2D eigenvalue weighted by Gasteiger charge is 2.41. The minimum absolute atomic E-state index is 0.235. The van der Waals surface area contributed by atoms with Gasteiger partial charge in [0.2, 0.25) is 0 Å². The minimum Gasteiger partial charge on any atom is -0.477 e. The second-order valence-corrected chi connectivity index (χ2v) is 4.24. The molecule has 1 unspecified atom stereocenters. The van der Waals surface area contributed by atoms with E-state index in [2.05, 4.69) is 0 Å². The number of carboxylic acids is 1. The molecule has 0 aromatic rings. The fourth-order valence-corrected chi connectivity index (χ4v) is 2.08. The van der Waals surface area contributed by atoms with Crippen LogP contribution in [0, 0.1) is 5.92 Å². The number of ether oxygens (including phenoxy) is 1. The summed E-state index contributed by atoms with van der Waals surface area (Å²) < 4.78 is 5.28. The SMILES string of the molecule is CC(C)C1(OC(O)C(=O)O)CCCC1. The summed E-state index contributed by atoms with van der Waals surface area (Å²) >= 11 is 0. The van der Waals surface area contributed by atoms with E-state index in [-0.39, 0.29) is 5.92 Å². The van der Waals surface area contributed by atoms with Gasteiger partial charge in [0, 0.05) is 0 Å². The summed E-state index contributed by atoms with van der Waals surface area (Å²) in [6.45, 7) is 4.00. The molecule has 0 aromatic heterocycles. The molecule has 82 valence electrons. The number of hydrogen-bond acceptors (Lipinski definition) is 3. The Bertz CT molecular complexity index is 206. The molecule has 4 heteroatoms. The van der Waals surface area contributed by atoms with Crippen LogP contribution in [0.1, 0.15) is 39.5 Å². The topological polar surface area (TPSA) is 66.8 Å². The first-order valence-electron chi connectivity index (χ1n) is 5.06. The number of carbonyl (C=O) groups is 1. The van der Waals surface area contributed by atoms with Gasteiger partial charge in [-0.25, -0.2) is 4.79 Å². The zero-order chi connectivity index (χ0) is 10.8. The first kappa shape index (κ1) is 11.5. The molecule has 0 heterocycles. The molecule has 1 aliphatic rings. The van der Waals surface area contributed by atoms with Crippen LogP contribution < -0.4 is 0 Å². The van der Waals surface area contributed by atoms with Gasteiger partial charge in [-0.1, -0.05) is 26.7 Å². The van der Waals surface area contributed by atoms with Crippen molar-refractivity contribution in [3.63, 3.8) is 0 Å². The number of carboxylic acid groups (broad SMARTS) is 1. The molecule has 1 fully saturated rings. The molecule has 4 nitrogen and oxygen atoms in total. The van der Waals surface area contributed by atoms with Gasteiger partial charge in [0.1, 0.15) is 0 Å². The predicted octanol–water partition coefficient (Wildman–Crippen LogP) is 1.37. The normalized spacial score (nSPS) is 22.6. The fraction of sp³-hybridized carbons (Fsp3) is 0.900. The van der Waals surface area contributed by atoms with Crippen LogP contribution in [0.25, 0.3) is 0 Å². The van der Waals surface area contributed by atoms with Crippen molar-refractivity contribution in [3.8, 4) is 0 Å².